The maximum atomic E-state index is 12.2. The summed E-state index contributed by atoms with van der Waals surface area (Å²) in [6.45, 7) is 3.44. The number of aromatic nitrogens is 2. The molecule has 2 heterocycles. The molecule has 20 heavy (non-hydrogen) atoms. The summed E-state index contributed by atoms with van der Waals surface area (Å²) in [5.41, 5.74) is 1.25. The van der Waals surface area contributed by atoms with Crippen molar-refractivity contribution in [1.82, 2.24) is 19.4 Å². The molecule has 5 heteroatoms. The van der Waals surface area contributed by atoms with Crippen molar-refractivity contribution >= 4 is 5.91 Å². The van der Waals surface area contributed by atoms with Gasteiger partial charge >= 0.3 is 0 Å². The second-order valence-corrected chi connectivity index (χ2v) is 6.33. The number of carbonyl (C=O) groups is 1. The fourth-order valence-electron chi connectivity index (χ4n) is 2.89. The zero-order valence-corrected chi connectivity index (χ0v) is 12.5. The number of imidazole rings is 1. The van der Waals surface area contributed by atoms with Gasteiger partial charge in [-0.25, -0.2) is 4.98 Å². The topological polar surface area (TPSA) is 41.4 Å². The molecule has 2 aliphatic rings. The third-order valence-corrected chi connectivity index (χ3v) is 4.21. The van der Waals surface area contributed by atoms with Gasteiger partial charge in [-0.05, 0) is 32.9 Å². The third-order valence-electron chi connectivity index (χ3n) is 4.21. The first-order valence-corrected chi connectivity index (χ1v) is 7.59. The normalized spacial score (nSPS) is 19.1. The Morgan fingerprint density at radius 1 is 1.35 bits per heavy atom. The summed E-state index contributed by atoms with van der Waals surface area (Å²) in [4.78, 5) is 21.0. The van der Waals surface area contributed by atoms with E-state index in [2.05, 4.69) is 28.5 Å². The zero-order chi connectivity index (χ0) is 14.1. The van der Waals surface area contributed by atoms with Crippen molar-refractivity contribution in [2.75, 3.05) is 27.2 Å². The first kappa shape index (κ1) is 13.6. The van der Waals surface area contributed by atoms with Crippen LogP contribution in [0.15, 0.2) is 6.20 Å². The minimum Gasteiger partial charge on any atom is -0.340 e. The molecule has 0 unspecified atom stereocenters. The summed E-state index contributed by atoms with van der Waals surface area (Å²) in [5.74, 6) is 2.14. The summed E-state index contributed by atoms with van der Waals surface area (Å²) in [7, 11) is 4.14. The highest BCUT2D eigenvalue weighted by molar-refractivity contribution is 5.76. The molecule has 0 bridgehead atoms. The minimum absolute atomic E-state index is 0.340. The van der Waals surface area contributed by atoms with E-state index in [-0.39, 0.29) is 0 Å². The van der Waals surface area contributed by atoms with Gasteiger partial charge in [0, 0.05) is 45.2 Å². The van der Waals surface area contributed by atoms with E-state index in [4.69, 9.17) is 0 Å². The van der Waals surface area contributed by atoms with Crippen LogP contribution in [0.5, 0.6) is 0 Å². The van der Waals surface area contributed by atoms with Crippen LogP contribution in [-0.4, -0.2) is 52.4 Å². The van der Waals surface area contributed by atoms with Crippen molar-refractivity contribution in [2.24, 2.45) is 5.92 Å². The molecule has 1 fully saturated rings. The lowest BCUT2D eigenvalue weighted by Gasteiger charge is -2.20. The Kier molecular flexibility index (Phi) is 3.78. The van der Waals surface area contributed by atoms with Gasteiger partial charge in [0.1, 0.15) is 5.82 Å². The second kappa shape index (κ2) is 5.56. The molecule has 0 radical (unpaired) electrons. The molecule has 0 atom stereocenters. The van der Waals surface area contributed by atoms with Crippen LogP contribution in [0.25, 0.3) is 0 Å². The van der Waals surface area contributed by atoms with Crippen LogP contribution in [-0.2, 0) is 24.3 Å². The van der Waals surface area contributed by atoms with E-state index in [1.54, 1.807) is 0 Å². The predicted molar refractivity (Wildman–Crippen MR) is 77.2 cm³/mol. The van der Waals surface area contributed by atoms with Gasteiger partial charge < -0.3 is 14.4 Å². The van der Waals surface area contributed by atoms with E-state index in [1.165, 1.54) is 18.5 Å². The molecule has 1 aromatic heterocycles. The van der Waals surface area contributed by atoms with Gasteiger partial charge in [0.15, 0.2) is 0 Å². The largest absolute Gasteiger partial charge is 0.340 e. The number of fused-ring (bicyclic) bond motifs is 1. The maximum absolute atomic E-state index is 12.2. The summed E-state index contributed by atoms with van der Waals surface area (Å²) in [6.07, 6.45) is 6.11. The Morgan fingerprint density at radius 2 is 2.15 bits per heavy atom. The Hall–Kier alpha value is -1.36. The molecule has 5 nitrogen and oxygen atoms in total. The van der Waals surface area contributed by atoms with E-state index in [0.29, 0.717) is 11.8 Å². The number of nitrogens with zero attached hydrogens (tertiary/aromatic N) is 4. The number of hydrogen-bond acceptors (Lipinski definition) is 3. The zero-order valence-electron chi connectivity index (χ0n) is 12.5. The summed E-state index contributed by atoms with van der Waals surface area (Å²) in [6, 6.07) is 0. The molecule has 1 aliphatic heterocycles. The highest BCUT2D eigenvalue weighted by Crippen LogP contribution is 2.33. The van der Waals surface area contributed by atoms with Crippen LogP contribution in [0, 0.1) is 5.92 Å². The summed E-state index contributed by atoms with van der Waals surface area (Å²) < 4.78 is 2.30. The lowest BCUT2D eigenvalue weighted by Crippen LogP contribution is -2.33. The molecule has 0 aromatic carbocycles. The fraction of sp³-hybridized carbons (Fsp3) is 0.733. The van der Waals surface area contributed by atoms with Crippen molar-refractivity contribution in [3.8, 4) is 0 Å². The highest BCUT2D eigenvalue weighted by Gasteiger charge is 2.28. The first-order valence-electron chi connectivity index (χ1n) is 7.59. The highest BCUT2D eigenvalue weighted by atomic mass is 16.2. The molecule has 3 rings (SSSR count). The molecular weight excluding hydrogens is 252 g/mol. The average Bonchev–Trinajstić information content (AvgIpc) is 3.16. The van der Waals surface area contributed by atoms with Gasteiger partial charge in [0.25, 0.3) is 0 Å². The van der Waals surface area contributed by atoms with Crippen LogP contribution >= 0.6 is 0 Å². The number of amides is 1. The third kappa shape index (κ3) is 3.03. The van der Waals surface area contributed by atoms with Crippen LogP contribution < -0.4 is 0 Å². The number of rotatable bonds is 4. The Bertz CT molecular complexity index is 490. The van der Waals surface area contributed by atoms with Crippen LogP contribution in [0.4, 0.5) is 0 Å². The lowest BCUT2D eigenvalue weighted by atomic mass is 10.2. The minimum atomic E-state index is 0.340. The number of carbonyl (C=O) groups excluding carboxylic acids is 1. The molecule has 0 N–H and O–H groups in total. The molecule has 1 aliphatic carbocycles. The molecule has 0 spiro atoms. The van der Waals surface area contributed by atoms with Gasteiger partial charge in [-0.1, -0.05) is 0 Å². The van der Waals surface area contributed by atoms with Gasteiger partial charge in [-0.2, -0.15) is 0 Å². The van der Waals surface area contributed by atoms with Gasteiger partial charge in [-0.15, -0.1) is 0 Å². The van der Waals surface area contributed by atoms with E-state index in [0.717, 1.165) is 44.8 Å². The van der Waals surface area contributed by atoms with Gasteiger partial charge in [0.05, 0.1) is 5.69 Å². The van der Waals surface area contributed by atoms with E-state index in [1.807, 2.05) is 11.1 Å². The van der Waals surface area contributed by atoms with Crippen molar-refractivity contribution in [3.05, 3.63) is 17.7 Å². The van der Waals surface area contributed by atoms with E-state index in [9.17, 15) is 4.79 Å². The summed E-state index contributed by atoms with van der Waals surface area (Å²) >= 11 is 0. The van der Waals surface area contributed by atoms with Crippen LogP contribution in [0.1, 0.15) is 30.8 Å². The van der Waals surface area contributed by atoms with Crippen LogP contribution in [0.3, 0.4) is 0 Å². The second-order valence-electron chi connectivity index (χ2n) is 6.33. The van der Waals surface area contributed by atoms with Gasteiger partial charge in [0.2, 0.25) is 5.91 Å². The quantitative estimate of drug-likeness (QED) is 0.828. The van der Waals surface area contributed by atoms with Crippen molar-refractivity contribution in [1.29, 1.82) is 0 Å². The van der Waals surface area contributed by atoms with Crippen molar-refractivity contribution < 1.29 is 4.79 Å². The van der Waals surface area contributed by atoms with E-state index < -0.39 is 0 Å². The molecule has 1 aromatic rings. The SMILES string of the molecule is CN(C)Cc1cnc2n1CCN(C(=O)CC1CC1)CC2. The van der Waals surface area contributed by atoms with Crippen molar-refractivity contribution in [2.45, 2.75) is 38.8 Å². The van der Waals surface area contributed by atoms with Gasteiger partial charge in [-0.3, -0.25) is 4.79 Å². The predicted octanol–water partition coefficient (Wildman–Crippen LogP) is 1.13. The average molecular weight is 276 g/mol. The van der Waals surface area contributed by atoms with E-state index >= 15 is 0 Å². The monoisotopic (exact) mass is 276 g/mol. The standard InChI is InChI=1S/C15H24N4O/c1-17(2)11-13-10-16-14-5-6-18(7-8-19(13)14)15(20)9-12-3-4-12/h10,12H,3-9,11H2,1-2H3. The number of hydrogen-bond donors (Lipinski definition) is 0. The molecule has 110 valence electrons. The Morgan fingerprint density at radius 3 is 2.85 bits per heavy atom. The summed E-state index contributed by atoms with van der Waals surface area (Å²) in [5, 5.41) is 0. The Labute approximate surface area is 120 Å². The molecule has 1 amide bonds. The first-order chi connectivity index (χ1) is 9.63. The Balaban J connectivity index is 1.65. The van der Waals surface area contributed by atoms with Crippen LogP contribution in [0.2, 0.25) is 0 Å². The molecular formula is C15H24N4O. The lowest BCUT2D eigenvalue weighted by molar-refractivity contribution is -0.131. The fourth-order valence-corrected chi connectivity index (χ4v) is 2.89. The molecule has 0 saturated heterocycles. The molecule has 1 saturated carbocycles. The smallest absolute Gasteiger partial charge is 0.222 e. The van der Waals surface area contributed by atoms with Crippen molar-refractivity contribution in [3.63, 3.8) is 0 Å². The maximum Gasteiger partial charge on any atom is 0.222 e.